The molecule has 1 aliphatic heterocycles. The number of carbonyl (C=O) groups excluding carboxylic acids is 2. The van der Waals surface area contributed by atoms with E-state index in [0.717, 1.165) is 22.3 Å². The predicted octanol–water partition coefficient (Wildman–Crippen LogP) is 2.30. The highest BCUT2D eigenvalue weighted by molar-refractivity contribution is 5.80. The molecule has 3 N–H and O–H groups in total. The molecule has 2 amide bonds. The van der Waals surface area contributed by atoms with Gasteiger partial charge in [0.1, 0.15) is 18.5 Å². The topological polar surface area (TPSA) is 113 Å². The highest BCUT2D eigenvalue weighted by Crippen LogP contribution is 2.26. The molecule has 0 aliphatic carbocycles. The normalized spacial score (nSPS) is 17.7. The molecule has 2 aromatic heterocycles. The lowest BCUT2D eigenvalue weighted by molar-refractivity contribution is -0.127. The van der Waals surface area contributed by atoms with Crippen molar-refractivity contribution in [2.75, 3.05) is 32.1 Å². The number of benzene rings is 1. The number of rotatable bonds is 8. The number of fused-ring (bicyclic) bond motifs is 1. The summed E-state index contributed by atoms with van der Waals surface area (Å²) in [6.07, 6.45) is 10.5. The van der Waals surface area contributed by atoms with Crippen molar-refractivity contribution in [1.82, 2.24) is 30.1 Å². The molecule has 36 heavy (non-hydrogen) atoms. The van der Waals surface area contributed by atoms with Gasteiger partial charge >= 0.3 is 6.09 Å². The monoisotopic (exact) mass is 487 g/mol. The molecule has 4 rings (SSSR count). The van der Waals surface area contributed by atoms with Crippen molar-refractivity contribution in [2.45, 2.75) is 19.0 Å². The van der Waals surface area contributed by atoms with E-state index in [1.807, 2.05) is 36.5 Å². The highest BCUT2D eigenvalue weighted by Gasteiger charge is 2.35. The Morgan fingerprint density at radius 2 is 2.22 bits per heavy atom. The van der Waals surface area contributed by atoms with Crippen LogP contribution in [-0.2, 0) is 16.1 Å². The number of nitrogens with one attached hydrogen (secondary N) is 3. The number of hydrogen-bond donors (Lipinski definition) is 3. The second kappa shape index (κ2) is 11.4. The van der Waals surface area contributed by atoms with Crippen LogP contribution in [0.25, 0.3) is 5.52 Å². The summed E-state index contributed by atoms with van der Waals surface area (Å²) in [5.74, 6) is 2.74. The molecule has 0 spiro atoms. The van der Waals surface area contributed by atoms with E-state index in [1.165, 1.54) is 12.4 Å². The maximum Gasteiger partial charge on any atom is 0.407 e. The molecule has 0 saturated carbocycles. The quantitative estimate of drug-likeness (QED) is 0.330. The van der Waals surface area contributed by atoms with Crippen LogP contribution >= 0.6 is 0 Å². The molecule has 10 heteroatoms. The van der Waals surface area contributed by atoms with Gasteiger partial charge in [-0.1, -0.05) is 24.6 Å². The van der Waals surface area contributed by atoms with Crippen LogP contribution < -0.4 is 16.0 Å². The largest absolute Gasteiger partial charge is 0.445 e. The zero-order chi connectivity index (χ0) is 25.5. The minimum absolute atomic E-state index is 0.114. The van der Waals surface area contributed by atoms with Gasteiger partial charge in [-0.25, -0.2) is 14.3 Å². The number of likely N-dealkylation sites (tertiary alicyclic amines) is 1. The Kier molecular flexibility index (Phi) is 7.82. The third kappa shape index (κ3) is 5.64. The second-order valence-electron chi connectivity index (χ2n) is 8.48. The number of aromatic nitrogens is 3. The first kappa shape index (κ1) is 24.8. The highest BCUT2D eigenvalue weighted by atomic mass is 16.5. The molecule has 0 radical (unpaired) electrons. The summed E-state index contributed by atoms with van der Waals surface area (Å²) < 4.78 is 6.82. The van der Waals surface area contributed by atoms with E-state index in [-0.39, 0.29) is 18.6 Å². The number of hydrogen-bond acceptors (Lipinski definition) is 7. The number of amides is 2. The summed E-state index contributed by atoms with van der Waals surface area (Å²) in [5.41, 5.74) is 3.45. The Hall–Kier alpha value is -4.36. The first-order valence-electron chi connectivity index (χ1n) is 11.7. The fraction of sp³-hybridized carbons (Fsp3) is 0.308. The first-order chi connectivity index (χ1) is 17.5. The average Bonchev–Trinajstić information content (AvgIpc) is 3.31. The molecular weight excluding hydrogens is 458 g/mol. The van der Waals surface area contributed by atoms with Gasteiger partial charge in [-0.05, 0) is 36.2 Å². The molecule has 1 aliphatic rings. The molecule has 1 fully saturated rings. The predicted molar refractivity (Wildman–Crippen MR) is 137 cm³/mol. The fourth-order valence-electron chi connectivity index (χ4n) is 4.42. The van der Waals surface area contributed by atoms with Crippen LogP contribution in [0, 0.1) is 18.3 Å². The van der Waals surface area contributed by atoms with E-state index < -0.39 is 12.0 Å². The molecule has 186 valence electrons. The van der Waals surface area contributed by atoms with E-state index >= 15 is 0 Å². The summed E-state index contributed by atoms with van der Waals surface area (Å²) in [6.45, 7) is 5.41. The van der Waals surface area contributed by atoms with Crippen molar-refractivity contribution in [3.05, 3.63) is 66.6 Å². The van der Waals surface area contributed by atoms with E-state index in [9.17, 15) is 9.59 Å². The second-order valence-corrected chi connectivity index (χ2v) is 8.48. The number of carbonyl (C=O) groups is 2. The Morgan fingerprint density at radius 3 is 3.00 bits per heavy atom. The maximum absolute atomic E-state index is 12.6. The molecule has 10 nitrogen and oxygen atoms in total. The van der Waals surface area contributed by atoms with Crippen molar-refractivity contribution in [3.63, 3.8) is 0 Å². The third-order valence-electron chi connectivity index (χ3n) is 6.14. The number of anilines is 2. The van der Waals surface area contributed by atoms with Crippen LogP contribution in [0.5, 0.6) is 0 Å². The lowest BCUT2D eigenvalue weighted by Gasteiger charge is -2.37. The zero-order valence-corrected chi connectivity index (χ0v) is 20.1. The minimum Gasteiger partial charge on any atom is -0.445 e. The van der Waals surface area contributed by atoms with Crippen molar-refractivity contribution in [3.8, 4) is 12.3 Å². The molecule has 0 bridgehead atoms. The van der Waals surface area contributed by atoms with Gasteiger partial charge in [-0.15, -0.1) is 6.42 Å². The fourth-order valence-corrected chi connectivity index (χ4v) is 4.42. The first-order valence-corrected chi connectivity index (χ1v) is 11.7. The van der Waals surface area contributed by atoms with Crippen LogP contribution in [0.4, 0.5) is 16.3 Å². The molecule has 3 heterocycles. The van der Waals surface area contributed by atoms with Crippen molar-refractivity contribution < 1.29 is 14.3 Å². The Bertz CT molecular complexity index is 1300. The Labute approximate surface area is 209 Å². The van der Waals surface area contributed by atoms with Gasteiger partial charge in [0.25, 0.3) is 0 Å². The third-order valence-corrected chi connectivity index (χ3v) is 6.14. The summed E-state index contributed by atoms with van der Waals surface area (Å²) in [4.78, 5) is 31.4. The van der Waals surface area contributed by atoms with E-state index in [1.54, 1.807) is 11.6 Å². The SMILES string of the molecule is C#Cc1cccc(Nc2ncnn3ccc(CN4CCC(NC(=O)OCC=C)[C@@H](C(=O)NC)C4)c23)c1. The summed E-state index contributed by atoms with van der Waals surface area (Å²) in [7, 11) is 1.60. The van der Waals surface area contributed by atoms with Gasteiger partial charge in [0, 0.05) is 50.2 Å². The lowest BCUT2D eigenvalue weighted by Crippen LogP contribution is -2.55. The van der Waals surface area contributed by atoms with Gasteiger partial charge in [-0.2, -0.15) is 5.10 Å². The van der Waals surface area contributed by atoms with Crippen LogP contribution in [0.1, 0.15) is 17.5 Å². The number of nitrogens with zero attached hydrogens (tertiary/aromatic N) is 4. The van der Waals surface area contributed by atoms with Gasteiger partial charge in [-0.3, -0.25) is 9.69 Å². The van der Waals surface area contributed by atoms with E-state index in [2.05, 4.69) is 43.4 Å². The summed E-state index contributed by atoms with van der Waals surface area (Å²) in [6, 6.07) is 9.23. The average molecular weight is 488 g/mol. The number of ether oxygens (including phenoxy) is 1. The molecular formula is C26H29N7O3. The van der Waals surface area contributed by atoms with Gasteiger partial charge in [0.15, 0.2) is 5.82 Å². The summed E-state index contributed by atoms with van der Waals surface area (Å²) >= 11 is 0. The molecule has 1 aromatic carbocycles. The van der Waals surface area contributed by atoms with Gasteiger partial charge in [0.05, 0.1) is 5.92 Å². The number of terminal acetylenes is 1. The number of alkyl carbamates (subject to hydrolysis) is 1. The van der Waals surface area contributed by atoms with Crippen molar-refractivity contribution in [1.29, 1.82) is 0 Å². The van der Waals surface area contributed by atoms with Gasteiger partial charge < -0.3 is 20.7 Å². The van der Waals surface area contributed by atoms with Crippen LogP contribution in [0.15, 0.2) is 55.5 Å². The van der Waals surface area contributed by atoms with Crippen LogP contribution in [-0.4, -0.2) is 64.3 Å². The zero-order valence-electron chi connectivity index (χ0n) is 20.1. The van der Waals surface area contributed by atoms with Crippen LogP contribution in [0.2, 0.25) is 0 Å². The molecule has 3 aromatic rings. The van der Waals surface area contributed by atoms with Gasteiger partial charge in [0.2, 0.25) is 5.91 Å². The molecule has 1 saturated heterocycles. The molecule has 2 atom stereocenters. The number of piperidine rings is 1. The van der Waals surface area contributed by atoms with Crippen molar-refractivity contribution >= 4 is 29.0 Å². The Balaban J connectivity index is 1.52. The van der Waals surface area contributed by atoms with Crippen LogP contribution in [0.3, 0.4) is 0 Å². The Morgan fingerprint density at radius 1 is 1.36 bits per heavy atom. The van der Waals surface area contributed by atoms with E-state index in [4.69, 9.17) is 11.2 Å². The van der Waals surface area contributed by atoms with Crippen molar-refractivity contribution in [2.24, 2.45) is 5.92 Å². The smallest absolute Gasteiger partial charge is 0.407 e. The lowest BCUT2D eigenvalue weighted by atomic mass is 9.91. The standard InChI is InChI=1S/C26H29N7O3/c1-4-13-36-26(35)31-22-10-11-32(16-21(22)25(34)27-3)15-19-9-12-33-23(19)24(28-17-29-33)30-20-8-6-7-18(5-2)14-20/h2,4,6-9,12,14,17,21-22H,1,10-11,13,15-16H2,3H3,(H,27,34)(H,31,35)(H,28,29,30)/t21-,22?/m0/s1. The molecule has 1 unspecified atom stereocenters. The maximum atomic E-state index is 12.6. The minimum atomic E-state index is -0.553. The summed E-state index contributed by atoms with van der Waals surface area (Å²) in [5, 5.41) is 13.2. The van der Waals surface area contributed by atoms with E-state index in [0.29, 0.717) is 31.9 Å².